The summed E-state index contributed by atoms with van der Waals surface area (Å²) in [6, 6.07) is 5.28. The van der Waals surface area contributed by atoms with Gasteiger partial charge in [-0.3, -0.25) is 14.2 Å². The van der Waals surface area contributed by atoms with Crippen LogP contribution in [0.4, 0.5) is 0 Å². The molecular weight excluding hydrogens is 268 g/mol. The van der Waals surface area contributed by atoms with Crippen LogP contribution in [0.5, 0.6) is 0 Å². The van der Waals surface area contributed by atoms with Gasteiger partial charge in [-0.05, 0) is 37.1 Å². The maximum Gasteiger partial charge on any atom is 0.326 e. The van der Waals surface area contributed by atoms with Gasteiger partial charge in [-0.15, -0.1) is 0 Å². The molecule has 0 aliphatic heterocycles. The molecule has 0 aliphatic rings. The number of fused-ring (bicyclic) bond motifs is 1. The first-order valence-electron chi connectivity index (χ1n) is 5.86. The van der Waals surface area contributed by atoms with Gasteiger partial charge < -0.3 is 4.74 Å². The summed E-state index contributed by atoms with van der Waals surface area (Å²) in [5.74, 6) is -0.514. The van der Waals surface area contributed by atoms with Crippen LogP contribution in [0.1, 0.15) is 12.5 Å². The zero-order chi connectivity index (χ0) is 14.0. The number of aromatic nitrogens is 2. The van der Waals surface area contributed by atoms with Crippen LogP contribution in [0.25, 0.3) is 10.9 Å². The predicted molar refractivity (Wildman–Crippen MR) is 72.4 cm³/mol. The van der Waals surface area contributed by atoms with Gasteiger partial charge in [0.05, 0.1) is 17.5 Å². The molecule has 6 heteroatoms. The molecule has 0 saturated heterocycles. The number of hydrogen-bond acceptors (Lipinski definition) is 4. The highest BCUT2D eigenvalue weighted by molar-refractivity contribution is 6.28. The van der Waals surface area contributed by atoms with Gasteiger partial charge in [0, 0.05) is 0 Å². The van der Waals surface area contributed by atoms with Crippen molar-refractivity contribution in [1.82, 2.24) is 9.55 Å². The summed E-state index contributed by atoms with van der Waals surface area (Å²) in [4.78, 5) is 27.9. The molecule has 0 amide bonds. The highest BCUT2D eigenvalue weighted by Gasteiger charge is 2.13. The number of ether oxygens (including phenoxy) is 1. The minimum absolute atomic E-state index is 0.0140. The van der Waals surface area contributed by atoms with Gasteiger partial charge in [-0.1, -0.05) is 12.1 Å². The Kier molecular flexibility index (Phi) is 3.85. The Bertz CT molecular complexity index is 694. The largest absolute Gasteiger partial charge is 0.465 e. The Hall–Kier alpha value is -1.88. The maximum atomic E-state index is 12.3. The second kappa shape index (κ2) is 5.40. The summed E-state index contributed by atoms with van der Waals surface area (Å²) in [7, 11) is 0. The zero-order valence-electron chi connectivity index (χ0n) is 10.6. The number of carbonyl (C=O) groups excluding carboxylic acids is 1. The van der Waals surface area contributed by atoms with Crippen LogP contribution >= 0.6 is 11.6 Å². The lowest BCUT2D eigenvalue weighted by atomic mass is 10.1. The Morgan fingerprint density at radius 2 is 2.21 bits per heavy atom. The summed E-state index contributed by atoms with van der Waals surface area (Å²) in [6.45, 7) is 3.57. The predicted octanol–water partition coefficient (Wildman–Crippen LogP) is 1.92. The molecule has 2 rings (SSSR count). The fourth-order valence-corrected chi connectivity index (χ4v) is 2.06. The highest BCUT2D eigenvalue weighted by atomic mass is 35.5. The molecule has 2 aromatic rings. The van der Waals surface area contributed by atoms with Crippen molar-refractivity contribution >= 4 is 28.5 Å². The third kappa shape index (κ3) is 2.61. The summed E-state index contributed by atoms with van der Waals surface area (Å²) >= 11 is 5.97. The van der Waals surface area contributed by atoms with E-state index in [1.165, 1.54) is 0 Å². The highest BCUT2D eigenvalue weighted by Crippen LogP contribution is 2.15. The molecule has 0 spiro atoms. The van der Waals surface area contributed by atoms with Crippen LogP contribution in [0.2, 0.25) is 5.28 Å². The number of carbonyl (C=O) groups is 1. The van der Waals surface area contributed by atoms with E-state index < -0.39 is 5.97 Å². The Labute approximate surface area is 114 Å². The first-order chi connectivity index (χ1) is 9.04. The van der Waals surface area contributed by atoms with Crippen molar-refractivity contribution in [2.75, 3.05) is 6.61 Å². The van der Waals surface area contributed by atoms with E-state index in [9.17, 15) is 9.59 Å². The number of aryl methyl sites for hydroxylation is 1. The topological polar surface area (TPSA) is 61.2 Å². The molecule has 1 aromatic carbocycles. The van der Waals surface area contributed by atoms with Crippen LogP contribution in [0.15, 0.2) is 23.0 Å². The third-order valence-corrected chi connectivity index (χ3v) is 3.02. The molecule has 5 nitrogen and oxygen atoms in total. The average Bonchev–Trinajstić information content (AvgIpc) is 2.36. The van der Waals surface area contributed by atoms with Crippen molar-refractivity contribution in [3.8, 4) is 0 Å². The quantitative estimate of drug-likeness (QED) is 0.637. The van der Waals surface area contributed by atoms with Crippen molar-refractivity contribution < 1.29 is 9.53 Å². The molecule has 100 valence electrons. The lowest BCUT2D eigenvalue weighted by Crippen LogP contribution is -2.27. The minimum Gasteiger partial charge on any atom is -0.465 e. The summed E-state index contributed by atoms with van der Waals surface area (Å²) < 4.78 is 5.92. The normalized spacial score (nSPS) is 10.7. The van der Waals surface area contributed by atoms with E-state index in [0.717, 1.165) is 10.1 Å². The fourth-order valence-electron chi connectivity index (χ4n) is 1.83. The monoisotopic (exact) mass is 280 g/mol. The molecule has 19 heavy (non-hydrogen) atoms. The molecule has 1 heterocycles. The second-order valence-corrected chi connectivity index (χ2v) is 4.39. The first-order valence-corrected chi connectivity index (χ1v) is 6.23. The van der Waals surface area contributed by atoms with E-state index >= 15 is 0 Å². The number of halogens is 1. The van der Waals surface area contributed by atoms with Crippen LogP contribution in [0.3, 0.4) is 0 Å². The van der Waals surface area contributed by atoms with Crippen LogP contribution < -0.4 is 5.56 Å². The number of para-hydroxylation sites is 1. The lowest BCUT2D eigenvalue weighted by molar-refractivity contribution is -0.143. The van der Waals surface area contributed by atoms with Crippen molar-refractivity contribution in [3.05, 3.63) is 39.4 Å². The van der Waals surface area contributed by atoms with Gasteiger partial charge in [0.2, 0.25) is 5.28 Å². The van der Waals surface area contributed by atoms with E-state index in [4.69, 9.17) is 16.3 Å². The van der Waals surface area contributed by atoms with Gasteiger partial charge in [0.15, 0.2) is 0 Å². The first kappa shape index (κ1) is 13.5. The Morgan fingerprint density at radius 1 is 1.47 bits per heavy atom. The van der Waals surface area contributed by atoms with Gasteiger partial charge in [0.1, 0.15) is 6.54 Å². The van der Waals surface area contributed by atoms with Crippen LogP contribution in [-0.2, 0) is 16.1 Å². The summed E-state index contributed by atoms with van der Waals surface area (Å²) in [5.41, 5.74) is 1.07. The zero-order valence-corrected chi connectivity index (χ0v) is 11.4. The molecular formula is C13H13ClN2O3. The van der Waals surface area contributed by atoms with Crippen LogP contribution in [-0.4, -0.2) is 22.1 Å². The number of hydrogen-bond donors (Lipinski definition) is 0. The molecule has 0 bridgehead atoms. The molecule has 0 atom stereocenters. The molecule has 0 radical (unpaired) electrons. The number of esters is 1. The smallest absolute Gasteiger partial charge is 0.326 e. The van der Waals surface area contributed by atoms with Gasteiger partial charge in [-0.2, -0.15) is 0 Å². The Balaban J connectivity index is 2.57. The molecule has 0 N–H and O–H groups in total. The number of benzene rings is 1. The second-order valence-electron chi connectivity index (χ2n) is 4.05. The summed E-state index contributed by atoms with van der Waals surface area (Å²) in [5, 5.41) is 0.425. The maximum absolute atomic E-state index is 12.3. The fraction of sp³-hybridized carbons (Fsp3) is 0.308. The lowest BCUT2D eigenvalue weighted by Gasteiger charge is -2.09. The molecule has 0 aliphatic carbocycles. The number of nitrogens with zero attached hydrogens (tertiary/aromatic N) is 2. The average molecular weight is 281 g/mol. The van der Waals surface area contributed by atoms with Crippen molar-refractivity contribution in [2.24, 2.45) is 0 Å². The Morgan fingerprint density at radius 3 is 2.89 bits per heavy atom. The van der Waals surface area contributed by atoms with E-state index in [2.05, 4.69) is 4.98 Å². The molecule has 0 saturated carbocycles. The third-order valence-electron chi connectivity index (χ3n) is 2.73. The minimum atomic E-state index is -0.514. The molecule has 1 aromatic heterocycles. The van der Waals surface area contributed by atoms with Gasteiger partial charge in [0.25, 0.3) is 5.56 Å². The van der Waals surface area contributed by atoms with E-state index in [-0.39, 0.29) is 24.0 Å². The molecule has 0 fully saturated rings. The SMILES string of the molecule is CCOC(=O)Cn1c(Cl)nc2c(C)cccc2c1=O. The van der Waals surface area contributed by atoms with Crippen molar-refractivity contribution in [1.29, 1.82) is 0 Å². The van der Waals surface area contributed by atoms with Gasteiger partial charge >= 0.3 is 5.97 Å². The molecule has 0 unspecified atom stereocenters. The number of rotatable bonds is 3. The standard InChI is InChI=1S/C13H13ClN2O3/c1-3-19-10(17)7-16-12(18)9-6-4-5-8(2)11(9)15-13(16)14/h4-6H,3,7H2,1-2H3. The van der Waals surface area contributed by atoms with Crippen molar-refractivity contribution in [3.63, 3.8) is 0 Å². The van der Waals surface area contributed by atoms with E-state index in [1.807, 2.05) is 13.0 Å². The van der Waals surface area contributed by atoms with Crippen molar-refractivity contribution in [2.45, 2.75) is 20.4 Å². The van der Waals surface area contributed by atoms with E-state index in [1.54, 1.807) is 19.1 Å². The van der Waals surface area contributed by atoms with Crippen LogP contribution in [0, 0.1) is 6.92 Å². The summed E-state index contributed by atoms with van der Waals surface area (Å²) in [6.07, 6.45) is 0. The van der Waals surface area contributed by atoms with E-state index in [0.29, 0.717) is 10.9 Å². The van der Waals surface area contributed by atoms with Gasteiger partial charge in [-0.25, -0.2) is 4.98 Å².